The molecule has 0 bridgehead atoms. The molecule has 1 unspecified atom stereocenters. The number of hydrogen-bond acceptors (Lipinski definition) is 4. The minimum Gasteiger partial charge on any atom is -0.387 e. The molecule has 1 saturated carbocycles. The van der Waals surface area contributed by atoms with Crippen molar-refractivity contribution >= 4 is 5.91 Å². The molecule has 1 saturated heterocycles. The van der Waals surface area contributed by atoms with Crippen molar-refractivity contribution in [1.82, 2.24) is 14.5 Å². The number of aromatic nitrogens is 2. The molecule has 1 amide bonds. The summed E-state index contributed by atoms with van der Waals surface area (Å²) in [6.07, 6.45) is 12.3. The van der Waals surface area contributed by atoms with Gasteiger partial charge < -0.3 is 14.6 Å². The van der Waals surface area contributed by atoms with Crippen LogP contribution in [0.25, 0.3) is 0 Å². The number of aliphatic hydroxyl groups is 1. The van der Waals surface area contributed by atoms with Crippen molar-refractivity contribution in [3.63, 3.8) is 0 Å². The summed E-state index contributed by atoms with van der Waals surface area (Å²) in [6.45, 7) is 7.31. The van der Waals surface area contributed by atoms with E-state index < -0.39 is 11.0 Å². The number of nitrogens with zero attached hydrogens (tertiary/aromatic N) is 3. The summed E-state index contributed by atoms with van der Waals surface area (Å²) in [4.78, 5) is 30.8. The Kier molecular flexibility index (Phi) is 6.28. The first-order chi connectivity index (χ1) is 13.2. The molecule has 0 radical (unpaired) electrons. The fourth-order valence-electron chi connectivity index (χ4n) is 4.96. The van der Waals surface area contributed by atoms with Crippen molar-refractivity contribution in [1.29, 1.82) is 0 Å². The fourth-order valence-corrected chi connectivity index (χ4v) is 4.96. The lowest BCUT2D eigenvalue weighted by Crippen LogP contribution is -2.61. The number of likely N-dealkylation sites (tertiary alicyclic amines) is 1. The monoisotopic (exact) mass is 389 g/mol. The molecule has 156 valence electrons. The summed E-state index contributed by atoms with van der Waals surface area (Å²) in [7, 11) is 0. The van der Waals surface area contributed by atoms with Gasteiger partial charge >= 0.3 is 0 Å². The summed E-state index contributed by atoms with van der Waals surface area (Å²) in [5.74, 6) is 0.927. The van der Waals surface area contributed by atoms with E-state index in [1.807, 2.05) is 18.7 Å². The Morgan fingerprint density at radius 1 is 1.32 bits per heavy atom. The lowest BCUT2D eigenvalue weighted by atomic mass is 9.69. The maximum Gasteiger partial charge on any atom is 0.269 e. The van der Waals surface area contributed by atoms with Gasteiger partial charge in [0.05, 0.1) is 18.3 Å². The van der Waals surface area contributed by atoms with Gasteiger partial charge in [0.25, 0.3) is 5.56 Å². The molecule has 2 aliphatic rings. The van der Waals surface area contributed by atoms with E-state index in [-0.39, 0.29) is 23.9 Å². The summed E-state index contributed by atoms with van der Waals surface area (Å²) < 4.78 is 1.51. The Labute approximate surface area is 168 Å². The molecule has 1 aromatic rings. The Morgan fingerprint density at radius 3 is 2.68 bits per heavy atom. The van der Waals surface area contributed by atoms with Crippen LogP contribution in [0, 0.1) is 17.3 Å². The molecule has 2 atom stereocenters. The third-order valence-corrected chi connectivity index (χ3v) is 7.02. The SMILES string of the molecule is C[C@H](CC1CCCCC1)C(=O)N1CCC(O)(Cn2ccncc2=O)C(C)(C)C1. The molecule has 2 fully saturated rings. The van der Waals surface area contributed by atoms with E-state index in [0.29, 0.717) is 25.4 Å². The molecule has 1 aliphatic heterocycles. The molecule has 3 rings (SSSR count). The Hall–Kier alpha value is -1.69. The van der Waals surface area contributed by atoms with E-state index in [4.69, 9.17) is 0 Å². The van der Waals surface area contributed by atoms with Crippen molar-refractivity contribution in [2.45, 2.75) is 77.9 Å². The maximum atomic E-state index is 13.1. The highest BCUT2D eigenvalue weighted by Gasteiger charge is 2.49. The van der Waals surface area contributed by atoms with Gasteiger partial charge in [-0.1, -0.05) is 52.9 Å². The fraction of sp³-hybridized carbons (Fsp3) is 0.773. The molecule has 28 heavy (non-hydrogen) atoms. The largest absolute Gasteiger partial charge is 0.387 e. The van der Waals surface area contributed by atoms with Gasteiger partial charge in [0.1, 0.15) is 0 Å². The highest BCUT2D eigenvalue weighted by Crippen LogP contribution is 2.40. The molecule has 1 aliphatic carbocycles. The molecule has 6 heteroatoms. The van der Waals surface area contributed by atoms with Crippen molar-refractivity contribution in [2.75, 3.05) is 13.1 Å². The standard InChI is InChI=1S/C22H35N3O3/c1-17(13-18-7-5-4-6-8-18)20(27)25-11-9-22(28,21(2,3)15-25)16-24-12-10-23-14-19(24)26/h10,12,14,17-18,28H,4-9,11,13,15-16H2,1-3H3/t17-,22?/m1/s1. The number of hydrogen-bond donors (Lipinski definition) is 1. The van der Waals surface area contributed by atoms with Crippen LogP contribution in [0.3, 0.4) is 0 Å². The third-order valence-electron chi connectivity index (χ3n) is 7.02. The van der Waals surface area contributed by atoms with Gasteiger partial charge in [0.15, 0.2) is 0 Å². The molecule has 0 aromatic carbocycles. The van der Waals surface area contributed by atoms with Crippen molar-refractivity contribution in [2.24, 2.45) is 17.3 Å². The van der Waals surface area contributed by atoms with Gasteiger partial charge in [-0.3, -0.25) is 14.6 Å². The van der Waals surface area contributed by atoms with Crippen LogP contribution in [0.1, 0.15) is 65.7 Å². The van der Waals surface area contributed by atoms with E-state index >= 15 is 0 Å². The minimum atomic E-state index is -1.04. The van der Waals surface area contributed by atoms with Crippen LogP contribution in [0.4, 0.5) is 0 Å². The maximum absolute atomic E-state index is 13.1. The summed E-state index contributed by atoms with van der Waals surface area (Å²) in [5, 5.41) is 11.4. The van der Waals surface area contributed by atoms with Crippen LogP contribution in [0.2, 0.25) is 0 Å². The molecular formula is C22H35N3O3. The van der Waals surface area contributed by atoms with Crippen LogP contribution in [-0.2, 0) is 11.3 Å². The van der Waals surface area contributed by atoms with Crippen molar-refractivity contribution in [3.8, 4) is 0 Å². The molecule has 6 nitrogen and oxygen atoms in total. The van der Waals surface area contributed by atoms with Gasteiger partial charge in [-0.05, 0) is 18.8 Å². The molecule has 1 N–H and O–H groups in total. The quantitative estimate of drug-likeness (QED) is 0.840. The predicted octanol–water partition coefficient (Wildman–Crippen LogP) is 2.84. The average molecular weight is 390 g/mol. The van der Waals surface area contributed by atoms with E-state index in [1.54, 1.807) is 12.4 Å². The zero-order valence-electron chi connectivity index (χ0n) is 17.6. The van der Waals surface area contributed by atoms with Crippen LogP contribution in [-0.4, -0.2) is 44.2 Å². The first-order valence-corrected chi connectivity index (χ1v) is 10.7. The Balaban J connectivity index is 1.64. The smallest absolute Gasteiger partial charge is 0.269 e. The predicted molar refractivity (Wildman–Crippen MR) is 109 cm³/mol. The summed E-state index contributed by atoms with van der Waals surface area (Å²) >= 11 is 0. The zero-order valence-corrected chi connectivity index (χ0v) is 17.6. The zero-order chi connectivity index (χ0) is 20.4. The molecule has 2 heterocycles. The second-order valence-electron chi connectivity index (χ2n) is 9.61. The van der Waals surface area contributed by atoms with Gasteiger partial charge in [-0.15, -0.1) is 0 Å². The third kappa shape index (κ3) is 4.48. The normalized spacial score (nSPS) is 26.8. The van der Waals surface area contributed by atoms with Crippen LogP contribution >= 0.6 is 0 Å². The van der Waals surface area contributed by atoms with Gasteiger partial charge in [0, 0.05) is 36.8 Å². The number of rotatable bonds is 5. The summed E-state index contributed by atoms with van der Waals surface area (Å²) in [5.41, 5.74) is -1.76. The lowest BCUT2D eigenvalue weighted by molar-refractivity contribution is -0.157. The van der Waals surface area contributed by atoms with E-state index in [9.17, 15) is 14.7 Å². The number of piperidine rings is 1. The van der Waals surface area contributed by atoms with Crippen LogP contribution in [0.15, 0.2) is 23.4 Å². The second-order valence-corrected chi connectivity index (χ2v) is 9.61. The molecule has 0 spiro atoms. The van der Waals surface area contributed by atoms with E-state index in [0.717, 1.165) is 6.42 Å². The van der Waals surface area contributed by atoms with E-state index in [1.165, 1.54) is 42.9 Å². The topological polar surface area (TPSA) is 75.4 Å². The minimum absolute atomic E-state index is 0.0351. The number of carbonyl (C=O) groups excluding carboxylic acids is 1. The number of amides is 1. The number of carbonyl (C=O) groups is 1. The van der Waals surface area contributed by atoms with Gasteiger partial charge in [0.2, 0.25) is 5.91 Å². The average Bonchev–Trinajstić information content (AvgIpc) is 2.66. The van der Waals surface area contributed by atoms with E-state index in [2.05, 4.69) is 11.9 Å². The van der Waals surface area contributed by atoms with Crippen molar-refractivity contribution < 1.29 is 9.90 Å². The first kappa shape index (κ1) is 21.0. The second kappa shape index (κ2) is 8.36. The van der Waals surface area contributed by atoms with Crippen LogP contribution < -0.4 is 5.56 Å². The van der Waals surface area contributed by atoms with Crippen LogP contribution in [0.5, 0.6) is 0 Å². The lowest BCUT2D eigenvalue weighted by Gasteiger charge is -2.50. The van der Waals surface area contributed by atoms with Crippen molar-refractivity contribution in [3.05, 3.63) is 28.9 Å². The van der Waals surface area contributed by atoms with Gasteiger partial charge in [-0.25, -0.2) is 0 Å². The highest BCUT2D eigenvalue weighted by atomic mass is 16.3. The molecular weight excluding hydrogens is 354 g/mol. The highest BCUT2D eigenvalue weighted by molar-refractivity contribution is 5.78. The molecule has 1 aromatic heterocycles. The van der Waals surface area contributed by atoms with Gasteiger partial charge in [-0.2, -0.15) is 0 Å². The Bertz CT molecular complexity index is 739. The first-order valence-electron chi connectivity index (χ1n) is 10.7. The Morgan fingerprint density at radius 2 is 2.04 bits per heavy atom. The summed E-state index contributed by atoms with van der Waals surface area (Å²) in [6, 6.07) is 0.